The number of hydrogen-bond acceptors (Lipinski definition) is 9. The number of fused-ring (bicyclic) bond motifs is 2. The monoisotopic (exact) mass is 631 g/mol. The smallest absolute Gasteiger partial charge is 0.421 e. The number of ether oxygens (including phenoxy) is 1. The maximum Gasteiger partial charge on any atom is 0.421 e. The quantitative estimate of drug-likeness (QED) is 0.285. The SMILES string of the molecule is COc1cc(C(=O)N[C@H]2C=C3CN(C3)C2)ccc1Nc1ncc(C(F)(F)F)c(NCc2ccc(C)cc2N(C)S(C)(=O)=O)n1. The molecule has 3 aliphatic heterocycles. The fourth-order valence-corrected chi connectivity index (χ4v) is 5.56. The third kappa shape index (κ3) is 6.89. The maximum absolute atomic E-state index is 13.9. The maximum atomic E-state index is 13.9. The minimum atomic E-state index is -4.76. The Hall–Kier alpha value is -4.37. The van der Waals surface area contributed by atoms with E-state index in [1.165, 1.54) is 25.8 Å². The van der Waals surface area contributed by atoms with Gasteiger partial charge in [-0.3, -0.25) is 14.0 Å². The van der Waals surface area contributed by atoms with Gasteiger partial charge in [0, 0.05) is 45.0 Å². The van der Waals surface area contributed by atoms with E-state index in [0.717, 1.165) is 35.8 Å². The third-order valence-corrected chi connectivity index (χ3v) is 8.58. The van der Waals surface area contributed by atoms with E-state index in [9.17, 15) is 26.4 Å². The van der Waals surface area contributed by atoms with Crippen LogP contribution in [0.2, 0.25) is 0 Å². The van der Waals surface area contributed by atoms with Crippen molar-refractivity contribution in [3.8, 4) is 5.75 Å². The van der Waals surface area contributed by atoms with Gasteiger partial charge >= 0.3 is 6.18 Å². The van der Waals surface area contributed by atoms with Gasteiger partial charge in [0.25, 0.3) is 5.91 Å². The number of carbonyl (C=O) groups excluding carboxylic acids is 1. The van der Waals surface area contributed by atoms with Crippen molar-refractivity contribution in [2.24, 2.45) is 0 Å². The van der Waals surface area contributed by atoms with E-state index in [1.54, 1.807) is 37.3 Å². The van der Waals surface area contributed by atoms with Gasteiger partial charge in [-0.1, -0.05) is 18.2 Å². The molecule has 0 unspecified atom stereocenters. The molecule has 11 nitrogen and oxygen atoms in total. The van der Waals surface area contributed by atoms with Gasteiger partial charge in [-0.05, 0) is 47.9 Å². The number of nitrogens with one attached hydrogen (secondary N) is 3. The highest BCUT2D eigenvalue weighted by atomic mass is 32.2. The molecular weight excluding hydrogens is 599 g/mol. The number of sulfonamides is 1. The summed E-state index contributed by atoms with van der Waals surface area (Å²) in [5.41, 5.74) is 2.43. The van der Waals surface area contributed by atoms with Crippen molar-refractivity contribution in [1.82, 2.24) is 20.2 Å². The normalized spacial score (nSPS) is 17.7. The summed E-state index contributed by atoms with van der Waals surface area (Å²) in [6.07, 6.45) is -0.996. The average molecular weight is 632 g/mol. The lowest BCUT2D eigenvalue weighted by molar-refractivity contribution is -0.137. The second-order valence-corrected chi connectivity index (χ2v) is 12.8. The van der Waals surface area contributed by atoms with Crippen molar-refractivity contribution in [3.63, 3.8) is 0 Å². The Morgan fingerprint density at radius 2 is 1.93 bits per heavy atom. The molecule has 4 heterocycles. The molecule has 1 amide bonds. The van der Waals surface area contributed by atoms with Crippen LogP contribution < -0.4 is 25.0 Å². The number of nitrogens with zero attached hydrogens (tertiary/aromatic N) is 4. The van der Waals surface area contributed by atoms with Crippen molar-refractivity contribution >= 4 is 39.1 Å². The van der Waals surface area contributed by atoms with Crippen LogP contribution >= 0.6 is 0 Å². The van der Waals surface area contributed by atoms with Gasteiger partial charge in [-0.2, -0.15) is 18.2 Å². The minimum absolute atomic E-state index is 0.0852. The first-order chi connectivity index (χ1) is 20.7. The molecule has 44 heavy (non-hydrogen) atoms. The van der Waals surface area contributed by atoms with Crippen LogP contribution in [0.5, 0.6) is 5.75 Å². The summed E-state index contributed by atoms with van der Waals surface area (Å²) in [5, 5.41) is 8.55. The Morgan fingerprint density at radius 1 is 1.18 bits per heavy atom. The van der Waals surface area contributed by atoms with E-state index >= 15 is 0 Å². The van der Waals surface area contributed by atoms with E-state index in [-0.39, 0.29) is 30.2 Å². The molecule has 1 aromatic heterocycles. The number of rotatable bonds is 10. The fourth-order valence-electron chi connectivity index (χ4n) is 5.03. The van der Waals surface area contributed by atoms with Gasteiger partial charge in [0.15, 0.2) is 0 Å². The second kappa shape index (κ2) is 12.0. The molecule has 3 N–H and O–H groups in total. The van der Waals surface area contributed by atoms with Crippen molar-refractivity contribution in [3.05, 3.63) is 76.5 Å². The predicted octanol–water partition coefficient (Wildman–Crippen LogP) is 3.92. The van der Waals surface area contributed by atoms with Gasteiger partial charge in [-0.25, -0.2) is 13.4 Å². The number of hydrogen-bond donors (Lipinski definition) is 3. The number of carbonyl (C=O) groups is 1. The molecule has 15 heteroatoms. The van der Waals surface area contributed by atoms with Gasteiger partial charge in [0.2, 0.25) is 16.0 Å². The van der Waals surface area contributed by atoms with Crippen LogP contribution in [0.1, 0.15) is 27.0 Å². The largest absolute Gasteiger partial charge is 0.495 e. The lowest BCUT2D eigenvalue weighted by atomic mass is 9.97. The van der Waals surface area contributed by atoms with E-state index in [1.807, 2.05) is 0 Å². The predicted molar refractivity (Wildman–Crippen MR) is 161 cm³/mol. The number of anilines is 4. The standard InChI is InChI=1S/C29H32F3N7O4S/c1-17-5-6-20(24(9-17)38(2)44(4,41)42)12-33-26-22(29(30,31)32)13-34-28(37-26)36-23-8-7-19(11-25(23)43-3)27(40)35-21-10-18-14-39(15-18)16-21/h5-11,13,21H,12,14-16H2,1-4H3,(H,35,40)(H2,33,34,36,37)/t21-/m0/s1. The summed E-state index contributed by atoms with van der Waals surface area (Å²) in [4.78, 5) is 23.0. The van der Waals surface area contributed by atoms with Crippen molar-refractivity contribution in [2.75, 3.05) is 55.0 Å². The summed E-state index contributed by atoms with van der Waals surface area (Å²) in [5.74, 6) is -0.685. The van der Waals surface area contributed by atoms with Crippen LogP contribution in [0.25, 0.3) is 0 Å². The third-order valence-electron chi connectivity index (χ3n) is 7.39. The van der Waals surface area contributed by atoms with Crippen LogP contribution in [0.3, 0.4) is 0 Å². The highest BCUT2D eigenvalue weighted by molar-refractivity contribution is 7.92. The van der Waals surface area contributed by atoms with Crippen LogP contribution in [0, 0.1) is 6.92 Å². The van der Waals surface area contributed by atoms with Crippen LogP contribution in [0.15, 0.2) is 54.2 Å². The zero-order valence-electron chi connectivity index (χ0n) is 24.5. The summed E-state index contributed by atoms with van der Waals surface area (Å²) in [6, 6.07) is 9.57. The first kappa shape index (κ1) is 31.1. The summed E-state index contributed by atoms with van der Waals surface area (Å²) >= 11 is 0. The molecule has 0 radical (unpaired) electrons. The molecule has 6 rings (SSSR count). The Balaban J connectivity index is 1.36. The summed E-state index contributed by atoms with van der Waals surface area (Å²) < 4.78 is 72.5. The van der Waals surface area contributed by atoms with Crippen LogP contribution in [0.4, 0.5) is 36.3 Å². The lowest BCUT2D eigenvalue weighted by Gasteiger charge is -2.41. The summed E-state index contributed by atoms with van der Waals surface area (Å²) in [7, 11) is -0.848. The van der Waals surface area contributed by atoms with Gasteiger partial charge in [0.1, 0.15) is 17.1 Å². The molecular formula is C29H32F3N7O4S. The molecule has 2 aromatic carbocycles. The molecule has 0 aliphatic carbocycles. The van der Waals surface area contributed by atoms with Crippen molar-refractivity contribution in [1.29, 1.82) is 0 Å². The first-order valence-corrected chi connectivity index (χ1v) is 15.5. The number of alkyl halides is 3. The Bertz CT molecular complexity index is 1720. The Labute approximate surface area is 253 Å². The number of benzene rings is 2. The molecule has 2 bridgehead atoms. The fraction of sp³-hybridized carbons (Fsp3) is 0.345. The zero-order valence-corrected chi connectivity index (χ0v) is 25.3. The Morgan fingerprint density at radius 3 is 2.57 bits per heavy atom. The number of halogens is 3. The second-order valence-electron chi connectivity index (χ2n) is 10.8. The average Bonchev–Trinajstić information content (AvgIpc) is 2.94. The highest BCUT2D eigenvalue weighted by Gasteiger charge is 2.35. The van der Waals surface area contributed by atoms with Crippen LogP contribution in [-0.2, 0) is 22.7 Å². The highest BCUT2D eigenvalue weighted by Crippen LogP contribution is 2.36. The van der Waals surface area contributed by atoms with Crippen molar-refractivity contribution in [2.45, 2.75) is 25.7 Å². The number of methoxy groups -OCH3 is 1. The number of aryl methyl sites for hydroxylation is 1. The van der Waals surface area contributed by atoms with Crippen LogP contribution in [-0.4, -0.2) is 75.3 Å². The molecule has 1 fully saturated rings. The van der Waals surface area contributed by atoms with Crippen molar-refractivity contribution < 1.29 is 31.1 Å². The zero-order chi connectivity index (χ0) is 31.8. The molecule has 3 aromatic rings. The van der Waals surface area contributed by atoms with E-state index in [0.29, 0.717) is 28.7 Å². The minimum Gasteiger partial charge on any atom is -0.495 e. The van der Waals surface area contributed by atoms with E-state index in [2.05, 4.69) is 36.9 Å². The first-order valence-electron chi connectivity index (χ1n) is 13.6. The molecule has 234 valence electrons. The molecule has 3 aliphatic rings. The van der Waals surface area contributed by atoms with E-state index < -0.39 is 27.6 Å². The van der Waals surface area contributed by atoms with Gasteiger partial charge in [-0.15, -0.1) is 0 Å². The lowest BCUT2D eigenvalue weighted by Crippen LogP contribution is -2.54. The summed E-state index contributed by atoms with van der Waals surface area (Å²) in [6.45, 7) is 4.25. The molecule has 1 atom stereocenters. The molecule has 0 spiro atoms. The molecule has 0 saturated carbocycles. The van der Waals surface area contributed by atoms with E-state index in [4.69, 9.17) is 4.74 Å². The number of aromatic nitrogens is 2. The topological polar surface area (TPSA) is 129 Å². The van der Waals surface area contributed by atoms with Gasteiger partial charge in [0.05, 0.1) is 30.8 Å². The molecule has 1 saturated heterocycles. The van der Waals surface area contributed by atoms with Gasteiger partial charge < -0.3 is 20.7 Å². The Kier molecular flexibility index (Phi) is 8.44. The number of amides is 1.